The minimum atomic E-state index is -2.67. The van der Waals surface area contributed by atoms with Crippen molar-refractivity contribution in [2.24, 2.45) is 0 Å². The first-order valence-corrected chi connectivity index (χ1v) is 11.7. The van der Waals surface area contributed by atoms with Crippen molar-refractivity contribution < 1.29 is 28.2 Å². The van der Waals surface area contributed by atoms with Crippen molar-refractivity contribution >= 4 is 36.8 Å². The number of hydrogen-bond donors (Lipinski definition) is 1. The molecule has 0 aliphatic heterocycles. The molecule has 2 aromatic carbocycles. The van der Waals surface area contributed by atoms with Crippen LogP contribution >= 0.6 is 8.03 Å². The fourth-order valence-electron chi connectivity index (χ4n) is 3.67. The Balaban J connectivity index is 1.90. The van der Waals surface area contributed by atoms with Gasteiger partial charge in [-0.3, -0.25) is 14.2 Å². The van der Waals surface area contributed by atoms with Gasteiger partial charge in [-0.15, -0.1) is 0 Å². The lowest BCUT2D eigenvalue weighted by Crippen LogP contribution is -2.09. The summed E-state index contributed by atoms with van der Waals surface area (Å²) >= 11 is 0. The number of carboxylic acid groups (broad SMARTS) is 1. The number of ketones is 1. The summed E-state index contributed by atoms with van der Waals surface area (Å²) in [4.78, 5) is 22.0. The van der Waals surface area contributed by atoms with E-state index in [1.54, 1.807) is 18.2 Å². The molecule has 6 nitrogen and oxygen atoms in total. The largest absolute Gasteiger partial charge is 0.481 e. The number of carbonyl (C=O) groups is 2. The Morgan fingerprint density at radius 1 is 1.16 bits per heavy atom. The first-order chi connectivity index (χ1) is 15.3. The summed E-state index contributed by atoms with van der Waals surface area (Å²) in [5.74, 6) is -2.18. The van der Waals surface area contributed by atoms with E-state index in [2.05, 4.69) is 18.4 Å². The minimum absolute atomic E-state index is 0.0145. The number of fused-ring (bicyclic) bond motifs is 1. The van der Waals surface area contributed by atoms with Gasteiger partial charge in [0.25, 0.3) is 0 Å². The number of nitrogens with zero attached hydrogens (tertiary/aromatic N) is 1. The van der Waals surface area contributed by atoms with Crippen LogP contribution in [0.15, 0.2) is 54.6 Å². The maximum atomic E-state index is 13.5. The third kappa shape index (κ3) is 5.61. The van der Waals surface area contributed by atoms with E-state index in [4.69, 9.17) is 9.63 Å². The molecule has 0 radical (unpaired) electrons. The van der Waals surface area contributed by atoms with Gasteiger partial charge in [-0.1, -0.05) is 36.4 Å². The van der Waals surface area contributed by atoms with E-state index in [1.807, 2.05) is 30.3 Å². The Morgan fingerprint density at radius 2 is 1.84 bits per heavy atom. The standard InChI is InChI=1S/C24H25FNO5P/c1-16(2)26-21-7-4-3-6-20(21)24(17-9-11-18(25)12-10-17)22(26)8-5-13-31-32(30)15-19(27)14-23(28)29/h3-12,16,32H,13-15H2,1-2H3,(H,28,29). The van der Waals surface area contributed by atoms with E-state index in [0.717, 1.165) is 27.7 Å². The highest BCUT2D eigenvalue weighted by Gasteiger charge is 2.18. The van der Waals surface area contributed by atoms with Crippen LogP contribution in [0.25, 0.3) is 28.1 Å². The molecule has 1 aromatic heterocycles. The Hall–Kier alpha value is -3.02. The molecule has 8 heteroatoms. The number of carboxylic acids is 1. The van der Waals surface area contributed by atoms with Gasteiger partial charge < -0.3 is 14.2 Å². The molecule has 168 valence electrons. The van der Waals surface area contributed by atoms with Gasteiger partial charge in [-0.2, -0.15) is 0 Å². The Kier molecular flexibility index (Phi) is 7.78. The van der Waals surface area contributed by atoms with E-state index < -0.39 is 32.4 Å². The number of aliphatic carboxylic acids is 1. The smallest absolute Gasteiger partial charge is 0.310 e. The molecule has 0 aliphatic carbocycles. The summed E-state index contributed by atoms with van der Waals surface area (Å²) < 4.78 is 32.9. The van der Waals surface area contributed by atoms with Gasteiger partial charge >= 0.3 is 5.97 Å². The van der Waals surface area contributed by atoms with Crippen LogP contribution in [0.1, 0.15) is 32.0 Å². The van der Waals surface area contributed by atoms with Gasteiger partial charge in [0.2, 0.25) is 0 Å². The number of Topliss-reactive ketones (excluding diaryl/α,β-unsaturated/α-hetero) is 1. The second-order valence-electron chi connectivity index (χ2n) is 7.62. The van der Waals surface area contributed by atoms with E-state index in [0.29, 0.717) is 0 Å². The molecule has 0 spiro atoms. The summed E-state index contributed by atoms with van der Waals surface area (Å²) in [6.45, 7) is 4.16. The normalized spacial score (nSPS) is 12.6. The van der Waals surface area contributed by atoms with Gasteiger partial charge in [0.15, 0.2) is 13.8 Å². The minimum Gasteiger partial charge on any atom is -0.481 e. The van der Waals surface area contributed by atoms with Crippen molar-refractivity contribution in [2.45, 2.75) is 26.3 Å². The van der Waals surface area contributed by atoms with Crippen LogP contribution in [0, 0.1) is 5.82 Å². The van der Waals surface area contributed by atoms with Gasteiger partial charge in [0, 0.05) is 28.2 Å². The summed E-state index contributed by atoms with van der Waals surface area (Å²) in [6, 6.07) is 14.4. The fourth-order valence-corrected chi connectivity index (χ4v) is 4.50. The Labute approximate surface area is 186 Å². The van der Waals surface area contributed by atoms with E-state index in [1.165, 1.54) is 12.1 Å². The highest BCUT2D eigenvalue weighted by molar-refractivity contribution is 7.40. The van der Waals surface area contributed by atoms with E-state index >= 15 is 0 Å². The number of carbonyl (C=O) groups excluding carboxylic acids is 1. The number of aromatic nitrogens is 1. The van der Waals surface area contributed by atoms with Crippen molar-refractivity contribution in [2.75, 3.05) is 12.8 Å². The Bertz CT molecular complexity index is 1180. The van der Waals surface area contributed by atoms with Gasteiger partial charge in [0.05, 0.1) is 12.8 Å². The molecular weight excluding hydrogens is 432 g/mol. The highest BCUT2D eigenvalue weighted by atomic mass is 31.1. The van der Waals surface area contributed by atoms with Crippen LogP contribution in [-0.4, -0.2) is 34.2 Å². The van der Waals surface area contributed by atoms with Crippen molar-refractivity contribution in [3.8, 4) is 11.1 Å². The molecule has 3 rings (SSSR count). The highest BCUT2D eigenvalue weighted by Crippen LogP contribution is 2.38. The van der Waals surface area contributed by atoms with E-state index in [-0.39, 0.29) is 18.5 Å². The quantitative estimate of drug-likeness (QED) is 0.317. The van der Waals surface area contributed by atoms with Crippen molar-refractivity contribution in [1.29, 1.82) is 0 Å². The van der Waals surface area contributed by atoms with Gasteiger partial charge in [0.1, 0.15) is 12.2 Å². The average Bonchev–Trinajstić information content (AvgIpc) is 3.05. The van der Waals surface area contributed by atoms with E-state index in [9.17, 15) is 18.5 Å². The lowest BCUT2D eigenvalue weighted by Gasteiger charge is -2.13. The summed E-state index contributed by atoms with van der Waals surface area (Å²) in [5, 5.41) is 9.65. The lowest BCUT2D eigenvalue weighted by atomic mass is 10.0. The average molecular weight is 457 g/mol. The monoisotopic (exact) mass is 457 g/mol. The molecule has 1 unspecified atom stereocenters. The number of rotatable bonds is 10. The fraction of sp³-hybridized carbons (Fsp3) is 0.250. The SMILES string of the molecule is CC(C)n1c(C=CCO[PH](=O)CC(=O)CC(=O)O)c(-c2ccc(F)cc2)c2ccccc21. The first-order valence-electron chi connectivity index (χ1n) is 10.2. The topological polar surface area (TPSA) is 85.6 Å². The molecule has 1 N–H and O–H groups in total. The van der Waals surface area contributed by atoms with Gasteiger partial charge in [-0.25, -0.2) is 4.39 Å². The predicted octanol–water partition coefficient (Wildman–Crippen LogP) is 5.58. The van der Waals surface area contributed by atoms with Crippen LogP contribution in [0.5, 0.6) is 0 Å². The van der Waals surface area contributed by atoms with Crippen LogP contribution in [0.2, 0.25) is 0 Å². The summed E-state index contributed by atoms with van der Waals surface area (Å²) in [6.07, 6.45) is 2.53. The number of benzene rings is 2. The van der Waals surface area contributed by atoms with Crippen molar-refractivity contribution in [3.63, 3.8) is 0 Å². The third-order valence-electron chi connectivity index (χ3n) is 4.90. The maximum absolute atomic E-state index is 13.5. The molecule has 1 heterocycles. The first kappa shape index (κ1) is 23.6. The number of para-hydroxylation sites is 1. The van der Waals surface area contributed by atoms with Gasteiger partial charge in [-0.05, 0) is 43.7 Å². The van der Waals surface area contributed by atoms with Crippen LogP contribution < -0.4 is 0 Å². The molecule has 0 fully saturated rings. The second-order valence-corrected chi connectivity index (χ2v) is 9.01. The molecule has 0 saturated heterocycles. The maximum Gasteiger partial charge on any atom is 0.310 e. The van der Waals surface area contributed by atoms with Crippen LogP contribution in [0.4, 0.5) is 4.39 Å². The molecule has 0 bridgehead atoms. The summed E-state index contributed by atoms with van der Waals surface area (Å²) in [5.41, 5.74) is 3.76. The molecule has 32 heavy (non-hydrogen) atoms. The van der Waals surface area contributed by atoms with Crippen LogP contribution in [0.3, 0.4) is 0 Å². The second kappa shape index (κ2) is 10.5. The van der Waals surface area contributed by atoms with Crippen LogP contribution in [-0.2, 0) is 18.7 Å². The zero-order valence-corrected chi connectivity index (χ0v) is 18.9. The lowest BCUT2D eigenvalue weighted by molar-refractivity contribution is -0.139. The molecule has 0 aliphatic rings. The van der Waals surface area contributed by atoms with Crippen molar-refractivity contribution in [3.05, 3.63) is 66.1 Å². The zero-order valence-electron chi connectivity index (χ0n) is 17.9. The third-order valence-corrected chi connectivity index (χ3v) is 6.08. The number of halogens is 1. The number of hydrogen-bond acceptors (Lipinski definition) is 4. The molecule has 0 saturated carbocycles. The zero-order chi connectivity index (χ0) is 23.3. The summed E-state index contributed by atoms with van der Waals surface area (Å²) in [7, 11) is -2.67. The predicted molar refractivity (Wildman–Crippen MR) is 124 cm³/mol. The molecule has 0 amide bonds. The molecular formula is C24H25FNO5P. The molecule has 3 aromatic rings. The molecule has 1 atom stereocenters. The van der Waals surface area contributed by atoms with Crippen molar-refractivity contribution in [1.82, 2.24) is 4.57 Å². The Morgan fingerprint density at radius 3 is 2.50 bits per heavy atom.